The molecule has 0 aliphatic carbocycles. The van der Waals surface area contributed by atoms with Gasteiger partial charge in [-0.2, -0.15) is 0 Å². The van der Waals surface area contributed by atoms with Crippen LogP contribution in [0.2, 0.25) is 0 Å². The van der Waals surface area contributed by atoms with Gasteiger partial charge >= 0.3 is 0 Å². The zero-order valence-corrected chi connectivity index (χ0v) is 14.5. The van der Waals surface area contributed by atoms with E-state index >= 15 is 0 Å². The van der Waals surface area contributed by atoms with Crippen LogP contribution in [0.25, 0.3) is 0 Å². The second-order valence-electron chi connectivity index (χ2n) is 6.84. The molecule has 0 radical (unpaired) electrons. The van der Waals surface area contributed by atoms with Crippen LogP contribution in [0.1, 0.15) is 43.0 Å². The van der Waals surface area contributed by atoms with Crippen molar-refractivity contribution in [3.63, 3.8) is 0 Å². The smallest absolute Gasteiger partial charge is 0.254 e. The molecule has 1 aromatic rings. The van der Waals surface area contributed by atoms with Crippen molar-refractivity contribution in [1.82, 2.24) is 14.8 Å². The molecule has 5 heteroatoms. The highest BCUT2D eigenvalue weighted by Gasteiger charge is 2.39. The Balaban J connectivity index is 1.79. The number of carbonyl (C=O) groups is 1. The second-order valence-corrected chi connectivity index (χ2v) is 6.84. The lowest BCUT2D eigenvalue weighted by molar-refractivity contribution is 0.0650. The van der Waals surface area contributed by atoms with Crippen molar-refractivity contribution in [3.8, 4) is 0 Å². The van der Waals surface area contributed by atoms with E-state index in [0.717, 1.165) is 37.3 Å². The predicted octanol–water partition coefficient (Wildman–Crippen LogP) is 2.24. The van der Waals surface area contributed by atoms with Gasteiger partial charge in [-0.3, -0.25) is 9.69 Å². The number of pyridine rings is 1. The minimum Gasteiger partial charge on any atom is -0.363 e. The summed E-state index contributed by atoms with van der Waals surface area (Å²) in [4.78, 5) is 24.0. The first-order chi connectivity index (χ1) is 11.1. The average Bonchev–Trinajstić information content (AvgIpc) is 3.22. The van der Waals surface area contributed by atoms with Gasteiger partial charge < -0.3 is 9.80 Å². The molecule has 126 valence electrons. The Morgan fingerprint density at radius 2 is 2.00 bits per heavy atom. The van der Waals surface area contributed by atoms with Gasteiger partial charge in [-0.15, -0.1) is 0 Å². The molecule has 0 aromatic carbocycles. The van der Waals surface area contributed by atoms with Crippen LogP contribution in [0.5, 0.6) is 0 Å². The first-order valence-corrected chi connectivity index (χ1v) is 8.80. The van der Waals surface area contributed by atoms with Gasteiger partial charge in [0, 0.05) is 44.5 Å². The van der Waals surface area contributed by atoms with Gasteiger partial charge in [-0.05, 0) is 50.9 Å². The quantitative estimate of drug-likeness (QED) is 0.854. The maximum absolute atomic E-state index is 13.0. The highest BCUT2D eigenvalue weighted by Crippen LogP contribution is 2.31. The summed E-state index contributed by atoms with van der Waals surface area (Å²) in [6.07, 6.45) is 6.48. The topological polar surface area (TPSA) is 39.7 Å². The third-order valence-electron chi connectivity index (χ3n) is 5.28. The van der Waals surface area contributed by atoms with E-state index < -0.39 is 0 Å². The number of likely N-dealkylation sites (tertiary alicyclic amines) is 2. The zero-order valence-electron chi connectivity index (χ0n) is 14.5. The Bertz CT molecular complexity index is 560. The van der Waals surface area contributed by atoms with Crippen LogP contribution in [0.15, 0.2) is 18.3 Å². The summed E-state index contributed by atoms with van der Waals surface area (Å²) in [6, 6.07) is 4.67. The molecule has 2 aliphatic rings. The first-order valence-electron chi connectivity index (χ1n) is 8.80. The summed E-state index contributed by atoms with van der Waals surface area (Å²) in [5, 5.41) is 0. The van der Waals surface area contributed by atoms with Crippen LogP contribution in [-0.2, 0) is 0 Å². The van der Waals surface area contributed by atoms with Gasteiger partial charge in [-0.1, -0.05) is 6.92 Å². The molecule has 23 heavy (non-hydrogen) atoms. The molecule has 0 N–H and O–H groups in total. The number of hydrogen-bond donors (Lipinski definition) is 0. The Morgan fingerprint density at radius 1 is 1.26 bits per heavy atom. The van der Waals surface area contributed by atoms with E-state index in [-0.39, 0.29) is 5.91 Å². The standard InChI is InChI=1S/C18H28N4O/c1-4-21-11-5-7-15(21)16-8-6-12-22(16)18(23)14-9-10-19-17(13-14)20(2)3/h9-10,13,15-16H,4-8,11-12H2,1-3H3/t15-,16+/m1/s1. The number of carbonyl (C=O) groups excluding carboxylic acids is 1. The van der Waals surface area contributed by atoms with E-state index in [0.29, 0.717) is 12.1 Å². The molecular formula is C18H28N4O. The van der Waals surface area contributed by atoms with E-state index in [1.807, 2.05) is 31.1 Å². The van der Waals surface area contributed by atoms with Crippen molar-refractivity contribution in [2.45, 2.75) is 44.7 Å². The number of aromatic nitrogens is 1. The zero-order chi connectivity index (χ0) is 16.4. The van der Waals surface area contributed by atoms with Crippen LogP contribution in [0.4, 0.5) is 5.82 Å². The number of amides is 1. The van der Waals surface area contributed by atoms with Gasteiger partial charge in [0.25, 0.3) is 5.91 Å². The van der Waals surface area contributed by atoms with Crippen LogP contribution in [-0.4, -0.2) is 66.5 Å². The lowest BCUT2D eigenvalue weighted by atomic mass is 10.0. The summed E-state index contributed by atoms with van der Waals surface area (Å²) in [5.74, 6) is 1.00. The summed E-state index contributed by atoms with van der Waals surface area (Å²) in [5.41, 5.74) is 0.761. The van der Waals surface area contributed by atoms with Crippen molar-refractivity contribution < 1.29 is 4.79 Å². The SMILES string of the molecule is CCN1CCC[C@@H]1[C@@H]1CCCN1C(=O)c1ccnc(N(C)C)c1. The molecule has 3 rings (SSSR count). The summed E-state index contributed by atoms with van der Waals surface area (Å²) < 4.78 is 0. The number of rotatable bonds is 4. The Kier molecular flexibility index (Phi) is 4.85. The molecule has 2 aliphatic heterocycles. The molecule has 2 atom stereocenters. The first kappa shape index (κ1) is 16.2. The average molecular weight is 316 g/mol. The molecule has 1 aromatic heterocycles. The fourth-order valence-corrected chi connectivity index (χ4v) is 4.09. The van der Waals surface area contributed by atoms with Crippen molar-refractivity contribution in [2.75, 3.05) is 38.6 Å². The fraction of sp³-hybridized carbons (Fsp3) is 0.667. The number of hydrogen-bond acceptors (Lipinski definition) is 4. The van der Waals surface area contributed by atoms with Crippen LogP contribution < -0.4 is 4.90 Å². The van der Waals surface area contributed by atoms with E-state index in [1.165, 1.54) is 19.4 Å². The third-order valence-corrected chi connectivity index (χ3v) is 5.28. The van der Waals surface area contributed by atoms with Crippen molar-refractivity contribution >= 4 is 11.7 Å². The Hall–Kier alpha value is -1.62. The summed E-state index contributed by atoms with van der Waals surface area (Å²) >= 11 is 0. The molecule has 3 heterocycles. The molecule has 0 unspecified atom stereocenters. The maximum atomic E-state index is 13.0. The Morgan fingerprint density at radius 3 is 2.74 bits per heavy atom. The third kappa shape index (κ3) is 3.20. The lowest BCUT2D eigenvalue weighted by Gasteiger charge is -2.34. The molecule has 2 fully saturated rings. The molecule has 2 saturated heterocycles. The van der Waals surface area contributed by atoms with Gasteiger partial charge in [0.05, 0.1) is 0 Å². The second kappa shape index (κ2) is 6.87. The van der Waals surface area contributed by atoms with Crippen LogP contribution in [0.3, 0.4) is 0 Å². The van der Waals surface area contributed by atoms with E-state index in [2.05, 4.69) is 21.7 Å². The molecule has 0 spiro atoms. The minimum absolute atomic E-state index is 0.168. The predicted molar refractivity (Wildman–Crippen MR) is 92.9 cm³/mol. The molecule has 0 saturated carbocycles. The van der Waals surface area contributed by atoms with Crippen molar-refractivity contribution in [3.05, 3.63) is 23.9 Å². The monoisotopic (exact) mass is 316 g/mol. The van der Waals surface area contributed by atoms with Crippen molar-refractivity contribution in [1.29, 1.82) is 0 Å². The fourth-order valence-electron chi connectivity index (χ4n) is 4.09. The normalized spacial score (nSPS) is 25.1. The van der Waals surface area contributed by atoms with Gasteiger partial charge in [-0.25, -0.2) is 4.98 Å². The molecule has 5 nitrogen and oxygen atoms in total. The van der Waals surface area contributed by atoms with E-state index in [4.69, 9.17) is 0 Å². The highest BCUT2D eigenvalue weighted by molar-refractivity contribution is 5.95. The molecular weight excluding hydrogens is 288 g/mol. The summed E-state index contributed by atoms with van der Waals surface area (Å²) in [6.45, 7) is 5.38. The molecule has 0 bridgehead atoms. The minimum atomic E-state index is 0.168. The van der Waals surface area contributed by atoms with Gasteiger partial charge in [0.1, 0.15) is 5.82 Å². The van der Waals surface area contributed by atoms with Gasteiger partial charge in [0.15, 0.2) is 0 Å². The van der Waals surface area contributed by atoms with Crippen LogP contribution >= 0.6 is 0 Å². The summed E-state index contributed by atoms with van der Waals surface area (Å²) in [7, 11) is 3.90. The number of anilines is 1. The maximum Gasteiger partial charge on any atom is 0.254 e. The molecule has 1 amide bonds. The van der Waals surface area contributed by atoms with E-state index in [1.54, 1.807) is 6.20 Å². The highest BCUT2D eigenvalue weighted by atomic mass is 16.2. The van der Waals surface area contributed by atoms with Gasteiger partial charge in [0.2, 0.25) is 0 Å². The number of likely N-dealkylation sites (N-methyl/N-ethyl adjacent to an activating group) is 1. The van der Waals surface area contributed by atoms with E-state index in [9.17, 15) is 4.79 Å². The van der Waals surface area contributed by atoms with Crippen LogP contribution in [0, 0.1) is 0 Å². The lowest BCUT2D eigenvalue weighted by Crippen LogP contribution is -2.48. The van der Waals surface area contributed by atoms with Crippen molar-refractivity contribution in [2.24, 2.45) is 0 Å². The Labute approximate surface area is 139 Å². The number of nitrogens with zero attached hydrogens (tertiary/aromatic N) is 4. The largest absolute Gasteiger partial charge is 0.363 e.